The third kappa shape index (κ3) is 9.28. The lowest BCUT2D eigenvalue weighted by molar-refractivity contribution is -0.0245. The van der Waals surface area contributed by atoms with Crippen molar-refractivity contribution in [3.8, 4) is 5.75 Å². The van der Waals surface area contributed by atoms with E-state index in [-0.39, 0.29) is 5.75 Å². The molecule has 2 aromatic rings. The maximum Gasteiger partial charge on any atom is 0.197 e. The van der Waals surface area contributed by atoms with Crippen LogP contribution in [-0.4, -0.2) is 25.6 Å². The predicted molar refractivity (Wildman–Crippen MR) is 129 cm³/mol. The average Bonchev–Trinajstić information content (AvgIpc) is 2.77. The van der Waals surface area contributed by atoms with Gasteiger partial charge in [0.1, 0.15) is 5.75 Å². The van der Waals surface area contributed by atoms with Crippen molar-refractivity contribution in [3.05, 3.63) is 59.7 Å². The fourth-order valence-electron chi connectivity index (χ4n) is 3.26. The minimum absolute atomic E-state index is 0.212. The molecule has 0 amide bonds. The smallest absolute Gasteiger partial charge is 0.197 e. The lowest BCUT2D eigenvalue weighted by Gasteiger charge is -2.13. The minimum Gasteiger partial charge on any atom is -0.465 e. The van der Waals surface area contributed by atoms with Crippen LogP contribution >= 0.6 is 0 Å². The summed E-state index contributed by atoms with van der Waals surface area (Å²) in [5.41, 5.74) is 1.94. The van der Waals surface area contributed by atoms with Gasteiger partial charge in [-0.3, -0.25) is 0 Å². The number of hydrogen-bond acceptors (Lipinski definition) is 4. The van der Waals surface area contributed by atoms with Gasteiger partial charge in [-0.15, -0.1) is 0 Å². The van der Waals surface area contributed by atoms with Crippen molar-refractivity contribution in [1.29, 1.82) is 0 Å². The number of aliphatic hydroxyl groups is 1. The van der Waals surface area contributed by atoms with E-state index in [1.807, 2.05) is 48.6 Å². The van der Waals surface area contributed by atoms with Crippen LogP contribution in [0.1, 0.15) is 76.3 Å². The van der Waals surface area contributed by atoms with Crippen LogP contribution in [0.2, 0.25) is 0 Å². The Morgan fingerprint density at radius 1 is 0.806 bits per heavy atom. The maximum atomic E-state index is 12.4. The zero-order valence-electron chi connectivity index (χ0n) is 18.8. The van der Waals surface area contributed by atoms with E-state index < -0.39 is 16.1 Å². The Bertz CT molecular complexity index is 884. The molecule has 0 saturated carbocycles. The molecule has 1 atom stereocenters. The van der Waals surface area contributed by atoms with Gasteiger partial charge in [-0.05, 0) is 48.2 Å². The SMILES string of the molecule is CCCCCCS(=O)(=O)c1ccc(/C=C/c2ccc(OC(O)CCCCC)cc2)cc1. The van der Waals surface area contributed by atoms with Crippen molar-refractivity contribution in [3.63, 3.8) is 0 Å². The van der Waals surface area contributed by atoms with Crippen molar-refractivity contribution < 1.29 is 18.3 Å². The Balaban J connectivity index is 1.89. The number of rotatable bonds is 14. The maximum absolute atomic E-state index is 12.4. The molecule has 0 fully saturated rings. The molecular weight excluding hydrogens is 408 g/mol. The first-order valence-corrected chi connectivity index (χ1v) is 13.1. The fourth-order valence-corrected chi connectivity index (χ4v) is 4.63. The van der Waals surface area contributed by atoms with Crippen LogP contribution < -0.4 is 4.74 Å². The standard InChI is InChI=1S/C26H36O4S/c1-3-5-7-9-21-31(28,29)25-19-15-23(16-20-25)12-11-22-13-17-24(18-14-22)30-26(27)10-8-6-4-2/h11-20,26-27H,3-10,21H2,1-2H3/b12-11+. The van der Waals surface area contributed by atoms with Crippen molar-refractivity contribution in [2.24, 2.45) is 0 Å². The summed E-state index contributed by atoms with van der Waals surface area (Å²) in [5, 5.41) is 9.92. The first-order chi connectivity index (χ1) is 14.9. The summed E-state index contributed by atoms with van der Waals surface area (Å²) in [7, 11) is -3.21. The third-order valence-electron chi connectivity index (χ3n) is 5.18. The summed E-state index contributed by atoms with van der Waals surface area (Å²) in [4.78, 5) is 0.389. The molecule has 1 unspecified atom stereocenters. The molecule has 170 valence electrons. The van der Waals surface area contributed by atoms with E-state index in [0.717, 1.165) is 49.7 Å². The first kappa shape index (κ1) is 25.2. The number of hydrogen-bond donors (Lipinski definition) is 1. The molecule has 0 aromatic heterocycles. The van der Waals surface area contributed by atoms with Crippen LogP contribution in [0.25, 0.3) is 12.2 Å². The second kappa shape index (κ2) is 13.3. The largest absolute Gasteiger partial charge is 0.465 e. The van der Waals surface area contributed by atoms with E-state index in [9.17, 15) is 13.5 Å². The van der Waals surface area contributed by atoms with E-state index in [1.54, 1.807) is 12.1 Å². The molecule has 31 heavy (non-hydrogen) atoms. The predicted octanol–water partition coefficient (Wildman–Crippen LogP) is 6.49. The van der Waals surface area contributed by atoms with Crippen molar-refractivity contribution in [1.82, 2.24) is 0 Å². The van der Waals surface area contributed by atoms with Crippen LogP contribution in [0.15, 0.2) is 53.4 Å². The van der Waals surface area contributed by atoms with Gasteiger partial charge in [0.2, 0.25) is 0 Å². The summed E-state index contributed by atoms with van der Waals surface area (Å²) >= 11 is 0. The summed E-state index contributed by atoms with van der Waals surface area (Å²) < 4.78 is 30.4. The molecule has 2 aromatic carbocycles. The van der Waals surface area contributed by atoms with Gasteiger partial charge in [-0.25, -0.2) is 8.42 Å². The second-order valence-corrected chi connectivity index (χ2v) is 10.0. The van der Waals surface area contributed by atoms with Gasteiger partial charge in [0, 0.05) is 6.42 Å². The molecule has 4 nitrogen and oxygen atoms in total. The molecule has 0 aliphatic rings. The monoisotopic (exact) mass is 444 g/mol. The molecule has 0 aliphatic carbocycles. The third-order valence-corrected chi connectivity index (χ3v) is 7.00. The van der Waals surface area contributed by atoms with Gasteiger partial charge in [0.25, 0.3) is 0 Å². The van der Waals surface area contributed by atoms with Gasteiger partial charge in [-0.2, -0.15) is 0 Å². The minimum atomic E-state index is -3.21. The molecule has 0 radical (unpaired) electrons. The Morgan fingerprint density at radius 3 is 1.94 bits per heavy atom. The second-order valence-electron chi connectivity index (χ2n) is 7.92. The molecular formula is C26H36O4S. The van der Waals surface area contributed by atoms with Crippen LogP contribution in [0, 0.1) is 0 Å². The molecule has 0 spiro atoms. The Hall–Kier alpha value is -2.11. The van der Waals surface area contributed by atoms with Crippen LogP contribution in [0.5, 0.6) is 5.75 Å². The Labute approximate surface area is 187 Å². The fraction of sp³-hybridized carbons (Fsp3) is 0.462. The number of benzene rings is 2. The highest BCUT2D eigenvalue weighted by atomic mass is 32.2. The van der Waals surface area contributed by atoms with Gasteiger partial charge >= 0.3 is 0 Å². The molecule has 1 N–H and O–H groups in total. The molecule has 0 saturated heterocycles. The Kier molecular flexibility index (Phi) is 10.8. The highest BCUT2D eigenvalue weighted by Gasteiger charge is 2.13. The van der Waals surface area contributed by atoms with E-state index >= 15 is 0 Å². The number of ether oxygens (including phenoxy) is 1. The normalized spacial score (nSPS) is 12.9. The topological polar surface area (TPSA) is 63.6 Å². The lowest BCUT2D eigenvalue weighted by atomic mass is 10.1. The highest BCUT2D eigenvalue weighted by molar-refractivity contribution is 7.91. The molecule has 0 bridgehead atoms. The van der Waals surface area contributed by atoms with Crippen LogP contribution in [0.4, 0.5) is 0 Å². The quantitative estimate of drug-likeness (QED) is 0.205. The Morgan fingerprint density at radius 2 is 1.35 bits per heavy atom. The molecule has 5 heteroatoms. The van der Waals surface area contributed by atoms with Gasteiger partial charge < -0.3 is 9.84 Å². The van der Waals surface area contributed by atoms with Gasteiger partial charge in [0.15, 0.2) is 16.1 Å². The van der Waals surface area contributed by atoms with Crippen molar-refractivity contribution >= 4 is 22.0 Å². The van der Waals surface area contributed by atoms with E-state index in [1.165, 1.54) is 0 Å². The summed E-state index contributed by atoms with van der Waals surface area (Å²) in [6.07, 6.45) is 10.8. The number of sulfone groups is 1. The highest BCUT2D eigenvalue weighted by Crippen LogP contribution is 2.19. The van der Waals surface area contributed by atoms with Crippen molar-refractivity contribution in [2.45, 2.75) is 76.4 Å². The zero-order chi connectivity index (χ0) is 22.5. The lowest BCUT2D eigenvalue weighted by Crippen LogP contribution is -2.15. The van der Waals surface area contributed by atoms with E-state index in [0.29, 0.717) is 23.5 Å². The number of aliphatic hydroxyl groups excluding tert-OH is 1. The van der Waals surface area contributed by atoms with Crippen LogP contribution in [-0.2, 0) is 9.84 Å². The average molecular weight is 445 g/mol. The van der Waals surface area contributed by atoms with Crippen molar-refractivity contribution in [2.75, 3.05) is 5.75 Å². The first-order valence-electron chi connectivity index (χ1n) is 11.4. The van der Waals surface area contributed by atoms with Gasteiger partial charge in [0.05, 0.1) is 10.6 Å². The van der Waals surface area contributed by atoms with Crippen LogP contribution in [0.3, 0.4) is 0 Å². The van der Waals surface area contributed by atoms with E-state index in [2.05, 4.69) is 13.8 Å². The molecule has 0 heterocycles. The summed E-state index contributed by atoms with van der Waals surface area (Å²) in [6, 6.07) is 14.6. The number of unbranched alkanes of at least 4 members (excludes halogenated alkanes) is 5. The molecule has 2 rings (SSSR count). The zero-order valence-corrected chi connectivity index (χ0v) is 19.6. The summed E-state index contributed by atoms with van der Waals surface area (Å²) in [5.74, 6) is 0.860. The molecule has 0 aliphatic heterocycles. The summed E-state index contributed by atoms with van der Waals surface area (Å²) in [6.45, 7) is 4.24. The van der Waals surface area contributed by atoms with Gasteiger partial charge in [-0.1, -0.05) is 82.4 Å². The van der Waals surface area contributed by atoms with E-state index in [4.69, 9.17) is 4.74 Å².